The molecule has 0 N–H and O–H groups in total. The molecule has 0 aliphatic carbocycles. The molecule has 0 amide bonds. The Hall–Kier alpha value is -9.39. The standard InChI is InChI=1S/C63H36N4O2/c1-2-14-37(15-3-1)39-19-12-20-43(32-39)61-64-62(48-24-13-27-56-58(48)46-22-8-10-25-54(46)68-56)66-63(65-61)51-34-42-28-30-44(36-49(42)59-47-23-9-11-26-55(47)69-60(51)59)67-52-31-29-38-16-6-7-21-45(38)57(52)50-33-40-17-4-5-18-41(40)35-53(50)67/h1-36H. The Bertz CT molecular complexity index is 4620. The Morgan fingerprint density at radius 1 is 0.304 bits per heavy atom. The predicted molar refractivity (Wildman–Crippen MR) is 283 cm³/mol. The molecule has 0 atom stereocenters. The maximum absolute atomic E-state index is 6.97. The van der Waals surface area contributed by atoms with Gasteiger partial charge in [0.05, 0.1) is 16.6 Å². The summed E-state index contributed by atoms with van der Waals surface area (Å²) in [4.78, 5) is 16.0. The van der Waals surface area contributed by atoms with E-state index in [4.69, 9.17) is 23.8 Å². The number of hydrogen-bond acceptors (Lipinski definition) is 5. The average molecular weight is 881 g/mol. The fraction of sp³-hybridized carbons (Fsp3) is 0. The number of aromatic nitrogens is 4. The van der Waals surface area contributed by atoms with Crippen LogP contribution in [0.15, 0.2) is 227 Å². The summed E-state index contributed by atoms with van der Waals surface area (Å²) in [5.74, 6) is 1.62. The maximum Gasteiger partial charge on any atom is 0.167 e. The van der Waals surface area contributed by atoms with E-state index in [0.717, 1.165) is 93.6 Å². The van der Waals surface area contributed by atoms with Crippen LogP contribution in [0.4, 0.5) is 0 Å². The van der Waals surface area contributed by atoms with E-state index in [9.17, 15) is 0 Å². The van der Waals surface area contributed by atoms with Crippen LogP contribution in [0.1, 0.15) is 0 Å². The number of nitrogens with zero attached hydrogens (tertiary/aromatic N) is 4. The summed E-state index contributed by atoms with van der Waals surface area (Å²) in [5.41, 5.74) is 11.2. The minimum atomic E-state index is 0.515. The molecular formula is C63H36N4O2. The molecule has 11 aromatic carbocycles. The van der Waals surface area contributed by atoms with Crippen molar-refractivity contribution in [2.75, 3.05) is 0 Å². The molecule has 0 fully saturated rings. The molecule has 6 heteroatoms. The van der Waals surface area contributed by atoms with Crippen LogP contribution >= 0.6 is 0 Å². The van der Waals surface area contributed by atoms with Gasteiger partial charge in [-0.25, -0.2) is 15.0 Å². The third kappa shape index (κ3) is 5.76. The van der Waals surface area contributed by atoms with Crippen molar-refractivity contribution < 1.29 is 8.83 Å². The van der Waals surface area contributed by atoms with Gasteiger partial charge in [-0.05, 0) is 104 Å². The molecule has 15 rings (SSSR count). The molecule has 0 saturated carbocycles. The highest BCUT2D eigenvalue weighted by atomic mass is 16.3. The smallest absolute Gasteiger partial charge is 0.167 e. The summed E-state index contributed by atoms with van der Waals surface area (Å²) >= 11 is 0. The van der Waals surface area contributed by atoms with E-state index in [1.54, 1.807) is 0 Å². The Morgan fingerprint density at radius 3 is 1.77 bits per heavy atom. The second-order valence-electron chi connectivity index (χ2n) is 17.9. The van der Waals surface area contributed by atoms with Crippen LogP contribution in [0.25, 0.3) is 149 Å². The third-order valence-corrected chi connectivity index (χ3v) is 14.0. The van der Waals surface area contributed by atoms with Gasteiger partial charge in [-0.2, -0.15) is 0 Å². The minimum Gasteiger partial charge on any atom is -0.456 e. The lowest BCUT2D eigenvalue weighted by Gasteiger charge is -2.13. The molecule has 0 aliphatic heterocycles. The van der Waals surface area contributed by atoms with Gasteiger partial charge in [-0.1, -0.05) is 158 Å². The molecule has 0 saturated heterocycles. The Labute approximate surface area is 394 Å². The normalized spacial score (nSPS) is 12.1. The van der Waals surface area contributed by atoms with Gasteiger partial charge >= 0.3 is 0 Å². The zero-order valence-corrected chi connectivity index (χ0v) is 36.9. The minimum absolute atomic E-state index is 0.515. The molecule has 4 aromatic heterocycles. The van der Waals surface area contributed by atoms with E-state index < -0.39 is 0 Å². The van der Waals surface area contributed by atoms with Gasteiger partial charge in [0.25, 0.3) is 0 Å². The van der Waals surface area contributed by atoms with Gasteiger partial charge in [0, 0.05) is 49.1 Å². The molecular weight excluding hydrogens is 845 g/mol. The van der Waals surface area contributed by atoms with Gasteiger partial charge in [-0.3, -0.25) is 0 Å². The third-order valence-electron chi connectivity index (χ3n) is 14.0. The van der Waals surface area contributed by atoms with Crippen LogP contribution in [0.5, 0.6) is 0 Å². The van der Waals surface area contributed by atoms with Gasteiger partial charge in [-0.15, -0.1) is 0 Å². The van der Waals surface area contributed by atoms with Crippen molar-refractivity contribution in [3.63, 3.8) is 0 Å². The molecule has 0 bridgehead atoms. The lowest BCUT2D eigenvalue weighted by molar-refractivity contribution is 0.668. The van der Waals surface area contributed by atoms with Crippen molar-refractivity contribution in [2.45, 2.75) is 0 Å². The average Bonchev–Trinajstić information content (AvgIpc) is 4.10. The molecule has 320 valence electrons. The van der Waals surface area contributed by atoms with Crippen LogP contribution in [-0.4, -0.2) is 19.5 Å². The Morgan fingerprint density at radius 2 is 0.928 bits per heavy atom. The molecule has 69 heavy (non-hydrogen) atoms. The number of para-hydroxylation sites is 2. The first-order valence-electron chi connectivity index (χ1n) is 23.2. The molecule has 0 aliphatic rings. The molecule has 0 spiro atoms. The van der Waals surface area contributed by atoms with Crippen molar-refractivity contribution in [3.8, 4) is 51.0 Å². The summed E-state index contributed by atoms with van der Waals surface area (Å²) in [6.07, 6.45) is 0. The van der Waals surface area contributed by atoms with E-state index in [2.05, 4.69) is 174 Å². The second-order valence-corrected chi connectivity index (χ2v) is 17.9. The number of fused-ring (bicyclic) bond motifs is 14. The van der Waals surface area contributed by atoms with Crippen molar-refractivity contribution in [3.05, 3.63) is 218 Å². The summed E-state index contributed by atoms with van der Waals surface area (Å²) in [5, 5.41) is 13.5. The first-order valence-corrected chi connectivity index (χ1v) is 23.2. The molecule has 0 unspecified atom stereocenters. The Kier molecular flexibility index (Phi) is 7.97. The predicted octanol–water partition coefficient (Wildman–Crippen LogP) is 16.9. The Balaban J connectivity index is 1.00. The fourth-order valence-corrected chi connectivity index (χ4v) is 10.8. The summed E-state index contributed by atoms with van der Waals surface area (Å²) < 4.78 is 15.8. The van der Waals surface area contributed by atoms with E-state index in [0.29, 0.717) is 23.1 Å². The monoisotopic (exact) mass is 880 g/mol. The number of benzene rings is 11. The van der Waals surface area contributed by atoms with Crippen LogP contribution in [0.3, 0.4) is 0 Å². The van der Waals surface area contributed by atoms with Crippen molar-refractivity contribution >= 4 is 98.0 Å². The van der Waals surface area contributed by atoms with Gasteiger partial charge < -0.3 is 13.4 Å². The fourth-order valence-electron chi connectivity index (χ4n) is 10.8. The number of furan rings is 2. The number of hydrogen-bond donors (Lipinski definition) is 0. The SMILES string of the molecule is c1ccc(-c2cccc(-c3nc(-c4cc5ccc(-n6c7cc8ccccc8cc7c7c8ccccc8ccc76)cc5c5c4oc4ccccc45)nc(-c4cccc5oc6ccccc6c45)n3)c2)cc1. The van der Waals surface area contributed by atoms with Crippen LogP contribution in [0.2, 0.25) is 0 Å². The van der Waals surface area contributed by atoms with E-state index in [1.165, 1.54) is 32.3 Å². The first kappa shape index (κ1) is 37.8. The topological polar surface area (TPSA) is 69.9 Å². The van der Waals surface area contributed by atoms with Gasteiger partial charge in [0.2, 0.25) is 0 Å². The lowest BCUT2D eigenvalue weighted by atomic mass is 9.98. The first-order chi connectivity index (χ1) is 34.2. The zero-order valence-electron chi connectivity index (χ0n) is 36.9. The highest BCUT2D eigenvalue weighted by Gasteiger charge is 2.24. The number of rotatable bonds is 5. The lowest BCUT2D eigenvalue weighted by Crippen LogP contribution is -2.01. The van der Waals surface area contributed by atoms with E-state index >= 15 is 0 Å². The van der Waals surface area contributed by atoms with E-state index in [-0.39, 0.29) is 0 Å². The van der Waals surface area contributed by atoms with Gasteiger partial charge in [0.1, 0.15) is 22.3 Å². The summed E-state index contributed by atoms with van der Waals surface area (Å²) in [6, 6.07) is 76.9. The van der Waals surface area contributed by atoms with Crippen molar-refractivity contribution in [1.82, 2.24) is 19.5 Å². The van der Waals surface area contributed by atoms with Crippen LogP contribution in [-0.2, 0) is 0 Å². The highest BCUT2D eigenvalue weighted by molar-refractivity contribution is 6.25. The molecule has 6 nitrogen and oxygen atoms in total. The van der Waals surface area contributed by atoms with Gasteiger partial charge in [0.15, 0.2) is 17.5 Å². The maximum atomic E-state index is 6.97. The quantitative estimate of drug-likeness (QED) is 0.172. The summed E-state index contributed by atoms with van der Waals surface area (Å²) in [7, 11) is 0. The zero-order chi connectivity index (χ0) is 45.2. The largest absolute Gasteiger partial charge is 0.456 e. The second kappa shape index (κ2) is 14.6. The molecule has 4 heterocycles. The van der Waals surface area contributed by atoms with Crippen molar-refractivity contribution in [1.29, 1.82) is 0 Å². The molecule has 15 aromatic rings. The van der Waals surface area contributed by atoms with Crippen LogP contribution < -0.4 is 0 Å². The highest BCUT2D eigenvalue weighted by Crippen LogP contribution is 2.44. The van der Waals surface area contributed by atoms with E-state index in [1.807, 2.05) is 48.5 Å². The van der Waals surface area contributed by atoms with Crippen LogP contribution in [0, 0.1) is 0 Å². The van der Waals surface area contributed by atoms with Crippen molar-refractivity contribution in [2.24, 2.45) is 0 Å². The molecule has 0 radical (unpaired) electrons. The summed E-state index contributed by atoms with van der Waals surface area (Å²) in [6.45, 7) is 0.